The minimum Gasteiger partial charge on any atom is -0.328 e. The number of rotatable bonds is 2. The molecule has 0 aromatic heterocycles. The molecule has 0 saturated heterocycles. The van der Waals surface area contributed by atoms with E-state index < -0.39 is 0 Å². The third-order valence-corrected chi connectivity index (χ3v) is 1.87. The van der Waals surface area contributed by atoms with E-state index in [9.17, 15) is 8.78 Å². The molecule has 0 fully saturated rings. The first kappa shape index (κ1) is 10.1. The molecule has 1 aromatic carbocycles. The zero-order valence-corrected chi connectivity index (χ0v) is 7.77. The van der Waals surface area contributed by atoms with Gasteiger partial charge < -0.3 is 5.73 Å². The molecule has 0 aliphatic rings. The molecule has 0 amide bonds. The number of aryl methyl sites for hydroxylation is 1. The summed E-state index contributed by atoms with van der Waals surface area (Å²) in [5.41, 5.74) is 6.16. The predicted molar refractivity (Wildman–Crippen MR) is 48.4 cm³/mol. The Bertz CT molecular complexity index is 308. The lowest BCUT2D eigenvalue weighted by Gasteiger charge is -2.07. The molecular formula is C10H13F2N. The van der Waals surface area contributed by atoms with Gasteiger partial charge in [0.1, 0.15) is 11.6 Å². The van der Waals surface area contributed by atoms with Crippen LogP contribution in [0.2, 0.25) is 0 Å². The molecular weight excluding hydrogens is 172 g/mol. The average molecular weight is 185 g/mol. The monoisotopic (exact) mass is 185 g/mol. The molecule has 1 unspecified atom stereocenters. The van der Waals surface area contributed by atoms with Crippen LogP contribution >= 0.6 is 0 Å². The van der Waals surface area contributed by atoms with Crippen molar-refractivity contribution in [1.82, 2.24) is 0 Å². The van der Waals surface area contributed by atoms with Gasteiger partial charge in [0, 0.05) is 6.04 Å². The van der Waals surface area contributed by atoms with Crippen molar-refractivity contribution in [2.75, 3.05) is 0 Å². The summed E-state index contributed by atoms with van der Waals surface area (Å²) in [4.78, 5) is 0. The lowest BCUT2D eigenvalue weighted by atomic mass is 10.0. The molecule has 1 rings (SSSR count). The molecule has 72 valence electrons. The molecule has 1 atom stereocenters. The van der Waals surface area contributed by atoms with E-state index in [2.05, 4.69) is 0 Å². The van der Waals surface area contributed by atoms with Crippen LogP contribution in [0.25, 0.3) is 0 Å². The maximum atomic E-state index is 13.2. The van der Waals surface area contributed by atoms with Gasteiger partial charge in [-0.1, -0.05) is 0 Å². The van der Waals surface area contributed by atoms with Crippen molar-refractivity contribution in [2.45, 2.75) is 26.3 Å². The van der Waals surface area contributed by atoms with Crippen molar-refractivity contribution in [1.29, 1.82) is 0 Å². The number of benzene rings is 1. The molecule has 0 aliphatic heterocycles. The molecule has 0 heterocycles. The Morgan fingerprint density at radius 2 is 1.92 bits per heavy atom. The van der Waals surface area contributed by atoms with Crippen LogP contribution in [-0.4, -0.2) is 6.04 Å². The molecule has 1 nitrogen and oxygen atoms in total. The number of nitrogens with two attached hydrogens (primary N) is 1. The molecule has 3 heteroatoms. The first-order valence-electron chi connectivity index (χ1n) is 4.21. The fourth-order valence-corrected chi connectivity index (χ4v) is 1.19. The summed E-state index contributed by atoms with van der Waals surface area (Å²) in [7, 11) is 0. The van der Waals surface area contributed by atoms with E-state index in [4.69, 9.17) is 5.73 Å². The maximum absolute atomic E-state index is 13.2. The van der Waals surface area contributed by atoms with E-state index >= 15 is 0 Å². The molecule has 0 spiro atoms. The smallest absolute Gasteiger partial charge is 0.126 e. The molecule has 0 bridgehead atoms. The van der Waals surface area contributed by atoms with Crippen molar-refractivity contribution in [3.8, 4) is 0 Å². The fraction of sp³-hybridized carbons (Fsp3) is 0.400. The van der Waals surface area contributed by atoms with Gasteiger partial charge in [-0.3, -0.25) is 0 Å². The van der Waals surface area contributed by atoms with Crippen molar-refractivity contribution < 1.29 is 8.78 Å². The Morgan fingerprint density at radius 1 is 1.31 bits per heavy atom. The second kappa shape index (κ2) is 3.83. The minimum atomic E-state index is -0.379. The van der Waals surface area contributed by atoms with Crippen LogP contribution in [0, 0.1) is 18.6 Å². The van der Waals surface area contributed by atoms with Crippen LogP contribution in [0.3, 0.4) is 0 Å². The normalized spacial score (nSPS) is 13.0. The molecule has 1 aromatic rings. The highest BCUT2D eigenvalue weighted by Gasteiger charge is 2.08. The minimum absolute atomic E-state index is 0.156. The van der Waals surface area contributed by atoms with E-state index in [0.29, 0.717) is 17.5 Å². The predicted octanol–water partition coefficient (Wildman–Crippen LogP) is 2.16. The number of hydrogen-bond acceptors (Lipinski definition) is 1. The Balaban J connectivity index is 3.01. The molecule has 2 N–H and O–H groups in total. The quantitative estimate of drug-likeness (QED) is 0.750. The van der Waals surface area contributed by atoms with Crippen LogP contribution in [-0.2, 0) is 6.42 Å². The second-order valence-corrected chi connectivity index (χ2v) is 3.37. The van der Waals surface area contributed by atoms with E-state index in [0.717, 1.165) is 0 Å². The zero-order chi connectivity index (χ0) is 10.0. The van der Waals surface area contributed by atoms with E-state index in [1.165, 1.54) is 19.1 Å². The largest absolute Gasteiger partial charge is 0.328 e. The van der Waals surface area contributed by atoms with Crippen LogP contribution in [0.4, 0.5) is 8.78 Å². The summed E-state index contributed by atoms with van der Waals surface area (Å²) in [6.45, 7) is 3.30. The summed E-state index contributed by atoms with van der Waals surface area (Å²) in [6.07, 6.45) is 0.364. The van der Waals surface area contributed by atoms with Gasteiger partial charge in [-0.05, 0) is 43.5 Å². The Labute approximate surface area is 76.6 Å². The lowest BCUT2D eigenvalue weighted by molar-refractivity contribution is 0.569. The number of halogens is 2. The van der Waals surface area contributed by atoms with Crippen LogP contribution in [0.1, 0.15) is 18.1 Å². The van der Waals surface area contributed by atoms with Gasteiger partial charge >= 0.3 is 0 Å². The first-order chi connectivity index (χ1) is 6.00. The van der Waals surface area contributed by atoms with E-state index in [1.54, 1.807) is 6.92 Å². The van der Waals surface area contributed by atoms with Crippen LogP contribution in [0.5, 0.6) is 0 Å². The lowest BCUT2D eigenvalue weighted by Crippen LogP contribution is -2.18. The molecule has 0 aliphatic carbocycles. The molecule has 13 heavy (non-hydrogen) atoms. The number of hydrogen-bond donors (Lipinski definition) is 1. The highest BCUT2D eigenvalue weighted by molar-refractivity contribution is 5.25. The van der Waals surface area contributed by atoms with Gasteiger partial charge in [-0.2, -0.15) is 0 Å². The third-order valence-electron chi connectivity index (χ3n) is 1.87. The second-order valence-electron chi connectivity index (χ2n) is 3.37. The van der Waals surface area contributed by atoms with Gasteiger partial charge in [0.25, 0.3) is 0 Å². The maximum Gasteiger partial charge on any atom is 0.126 e. The fourth-order valence-electron chi connectivity index (χ4n) is 1.19. The van der Waals surface area contributed by atoms with Crippen molar-refractivity contribution in [2.24, 2.45) is 5.73 Å². The van der Waals surface area contributed by atoms with Crippen molar-refractivity contribution >= 4 is 0 Å². The zero-order valence-electron chi connectivity index (χ0n) is 7.77. The topological polar surface area (TPSA) is 26.0 Å². The van der Waals surface area contributed by atoms with Crippen LogP contribution in [0.15, 0.2) is 12.1 Å². The van der Waals surface area contributed by atoms with Gasteiger partial charge in [0.15, 0.2) is 0 Å². The van der Waals surface area contributed by atoms with Gasteiger partial charge in [-0.25, -0.2) is 8.78 Å². The summed E-state index contributed by atoms with van der Waals surface area (Å²) in [6, 6.07) is 2.26. The highest BCUT2D eigenvalue weighted by Crippen LogP contribution is 2.15. The average Bonchev–Trinajstić information content (AvgIpc) is 1.99. The Hall–Kier alpha value is -0.960. The van der Waals surface area contributed by atoms with Gasteiger partial charge in [-0.15, -0.1) is 0 Å². The Kier molecular flexibility index (Phi) is 2.98. The molecule has 0 radical (unpaired) electrons. The summed E-state index contributed by atoms with van der Waals surface area (Å²) < 4.78 is 26.2. The molecule has 0 saturated carbocycles. The van der Waals surface area contributed by atoms with E-state index in [-0.39, 0.29) is 17.7 Å². The summed E-state index contributed by atoms with van der Waals surface area (Å²) in [5, 5.41) is 0. The summed E-state index contributed by atoms with van der Waals surface area (Å²) >= 11 is 0. The van der Waals surface area contributed by atoms with Crippen LogP contribution < -0.4 is 5.73 Å². The first-order valence-corrected chi connectivity index (χ1v) is 4.21. The Morgan fingerprint density at radius 3 is 2.46 bits per heavy atom. The third kappa shape index (κ3) is 2.49. The SMILES string of the molecule is Cc1cc(F)c(CC(C)N)cc1F. The van der Waals surface area contributed by atoms with Crippen molar-refractivity contribution in [3.05, 3.63) is 34.9 Å². The van der Waals surface area contributed by atoms with E-state index in [1.807, 2.05) is 0 Å². The van der Waals surface area contributed by atoms with Gasteiger partial charge in [0.05, 0.1) is 0 Å². The summed E-state index contributed by atoms with van der Waals surface area (Å²) in [5.74, 6) is -0.756. The van der Waals surface area contributed by atoms with Crippen molar-refractivity contribution in [3.63, 3.8) is 0 Å². The highest BCUT2D eigenvalue weighted by atomic mass is 19.1. The van der Waals surface area contributed by atoms with Gasteiger partial charge in [0.2, 0.25) is 0 Å². The standard InChI is InChI=1S/C10H13F2N/c1-6-3-10(12)8(4-7(2)13)5-9(6)11/h3,5,7H,4,13H2,1-2H3.